The van der Waals surface area contributed by atoms with E-state index in [9.17, 15) is 9.90 Å². The van der Waals surface area contributed by atoms with Crippen molar-refractivity contribution in [1.29, 1.82) is 0 Å². The Labute approximate surface area is 182 Å². The summed E-state index contributed by atoms with van der Waals surface area (Å²) in [6.45, 7) is 9.35. The zero-order valence-electron chi connectivity index (χ0n) is 17.4. The first kappa shape index (κ1) is 20.0. The number of fused-ring (bicyclic) bond motifs is 3. The van der Waals surface area contributed by atoms with E-state index in [1.165, 1.54) is 0 Å². The van der Waals surface area contributed by atoms with E-state index in [1.807, 2.05) is 6.07 Å². The number of nitrogens with one attached hydrogen (secondary N) is 1. The van der Waals surface area contributed by atoms with Crippen LogP contribution in [-0.4, -0.2) is 28.1 Å². The van der Waals surface area contributed by atoms with Crippen LogP contribution in [-0.2, 0) is 13.0 Å². The molecule has 1 aromatic rings. The van der Waals surface area contributed by atoms with Gasteiger partial charge in [-0.15, -0.1) is 11.6 Å². The average molecular weight is 438 g/mol. The minimum atomic E-state index is -0.568. The molecule has 0 aromatic heterocycles. The van der Waals surface area contributed by atoms with E-state index in [4.69, 9.17) is 27.9 Å². The topological polar surface area (TPSA) is 58.6 Å². The summed E-state index contributed by atoms with van der Waals surface area (Å²) in [5.74, 6) is 1.32. The summed E-state index contributed by atoms with van der Waals surface area (Å²) >= 11 is 13.3. The van der Waals surface area contributed by atoms with Crippen LogP contribution in [0.25, 0.3) is 0 Å². The van der Waals surface area contributed by atoms with Crippen molar-refractivity contribution >= 4 is 29.1 Å². The fourth-order valence-electron chi connectivity index (χ4n) is 7.01. The SMILES string of the molecule is C[C@H]1CC[C@H]2C(C)(C)C(O)C(Cl)C[C@]23Oc2c(cc(Cl)c4c2CNC4=O)C[C@]13C. The molecular weight excluding hydrogens is 409 g/mol. The molecule has 2 saturated carbocycles. The molecular formula is C23H29Cl2NO3. The van der Waals surface area contributed by atoms with Gasteiger partial charge in [0.1, 0.15) is 11.4 Å². The fraction of sp³-hybridized carbons (Fsp3) is 0.696. The second kappa shape index (κ2) is 6.05. The smallest absolute Gasteiger partial charge is 0.253 e. The lowest BCUT2D eigenvalue weighted by molar-refractivity contribution is -0.232. The van der Waals surface area contributed by atoms with E-state index in [1.54, 1.807) is 0 Å². The van der Waals surface area contributed by atoms with Crippen molar-refractivity contribution in [2.24, 2.45) is 22.7 Å². The highest BCUT2D eigenvalue weighted by Gasteiger charge is 2.69. The molecule has 2 aliphatic carbocycles. The normalized spacial score (nSPS) is 42.1. The van der Waals surface area contributed by atoms with Crippen molar-refractivity contribution in [1.82, 2.24) is 5.32 Å². The van der Waals surface area contributed by atoms with Crippen LogP contribution in [0.15, 0.2) is 6.07 Å². The molecule has 4 aliphatic rings. The lowest BCUT2D eigenvalue weighted by atomic mass is 9.43. The molecule has 0 radical (unpaired) electrons. The Kier molecular flexibility index (Phi) is 4.16. The quantitative estimate of drug-likeness (QED) is 0.577. The molecule has 1 amide bonds. The fourth-order valence-corrected chi connectivity index (χ4v) is 7.89. The number of carbonyl (C=O) groups is 1. The molecule has 5 rings (SSSR count). The number of halogens is 2. The highest BCUT2D eigenvalue weighted by molar-refractivity contribution is 6.34. The molecule has 2 aliphatic heterocycles. The number of carbonyl (C=O) groups excluding carboxylic acids is 1. The number of benzene rings is 1. The molecule has 2 heterocycles. The molecule has 6 heteroatoms. The minimum absolute atomic E-state index is 0.124. The van der Waals surface area contributed by atoms with Gasteiger partial charge >= 0.3 is 0 Å². The summed E-state index contributed by atoms with van der Waals surface area (Å²) in [6.07, 6.45) is 3.00. The Morgan fingerprint density at radius 2 is 2.00 bits per heavy atom. The first-order valence-electron chi connectivity index (χ1n) is 10.7. The molecule has 0 bridgehead atoms. The first-order valence-corrected chi connectivity index (χ1v) is 11.5. The Morgan fingerprint density at radius 3 is 2.72 bits per heavy atom. The number of hydrogen-bond donors (Lipinski definition) is 2. The monoisotopic (exact) mass is 437 g/mol. The summed E-state index contributed by atoms with van der Waals surface area (Å²) in [7, 11) is 0. The third-order valence-corrected chi connectivity index (χ3v) is 9.60. The van der Waals surface area contributed by atoms with Gasteiger partial charge in [-0.3, -0.25) is 4.79 Å². The van der Waals surface area contributed by atoms with Crippen LogP contribution in [0, 0.1) is 22.7 Å². The Morgan fingerprint density at radius 1 is 1.28 bits per heavy atom. The number of rotatable bonds is 0. The predicted octanol–water partition coefficient (Wildman–Crippen LogP) is 4.71. The van der Waals surface area contributed by atoms with Crippen molar-refractivity contribution in [2.75, 3.05) is 0 Å². The number of aliphatic hydroxyl groups excluding tert-OH is 1. The van der Waals surface area contributed by atoms with E-state index >= 15 is 0 Å². The minimum Gasteiger partial charge on any atom is -0.486 e. The summed E-state index contributed by atoms with van der Waals surface area (Å²) in [5, 5.41) is 14.0. The van der Waals surface area contributed by atoms with Gasteiger partial charge in [0.25, 0.3) is 5.91 Å². The molecule has 1 spiro atoms. The number of aliphatic hydroxyl groups is 1. The van der Waals surface area contributed by atoms with Gasteiger partial charge in [-0.2, -0.15) is 0 Å². The van der Waals surface area contributed by atoms with Crippen LogP contribution in [0.2, 0.25) is 5.02 Å². The number of ether oxygens (including phenoxy) is 1. The van der Waals surface area contributed by atoms with E-state index in [0.717, 1.165) is 36.1 Å². The Balaban J connectivity index is 1.74. The highest BCUT2D eigenvalue weighted by Crippen LogP contribution is 2.66. The van der Waals surface area contributed by atoms with E-state index in [-0.39, 0.29) is 28.0 Å². The summed E-state index contributed by atoms with van der Waals surface area (Å²) in [4.78, 5) is 12.3. The molecule has 2 unspecified atom stereocenters. The number of amides is 1. The van der Waals surface area contributed by atoms with E-state index in [2.05, 4.69) is 33.0 Å². The molecule has 1 aromatic carbocycles. The van der Waals surface area contributed by atoms with Crippen LogP contribution < -0.4 is 10.1 Å². The summed E-state index contributed by atoms with van der Waals surface area (Å²) in [6, 6.07) is 1.93. The third-order valence-electron chi connectivity index (χ3n) is 8.91. The van der Waals surface area contributed by atoms with Crippen molar-refractivity contribution < 1.29 is 14.6 Å². The van der Waals surface area contributed by atoms with Gasteiger partial charge in [-0.05, 0) is 42.2 Å². The molecule has 0 saturated heterocycles. The van der Waals surface area contributed by atoms with Crippen molar-refractivity contribution in [3.63, 3.8) is 0 Å². The highest BCUT2D eigenvalue weighted by atomic mass is 35.5. The van der Waals surface area contributed by atoms with Crippen molar-refractivity contribution in [2.45, 2.75) is 77.0 Å². The number of alkyl halides is 1. The van der Waals surface area contributed by atoms with Gasteiger partial charge in [0.2, 0.25) is 0 Å². The van der Waals surface area contributed by atoms with Gasteiger partial charge in [-0.1, -0.05) is 39.3 Å². The lowest BCUT2D eigenvalue weighted by Gasteiger charge is -2.67. The van der Waals surface area contributed by atoms with E-state index in [0.29, 0.717) is 29.5 Å². The van der Waals surface area contributed by atoms with Crippen molar-refractivity contribution in [3.05, 3.63) is 27.8 Å². The largest absolute Gasteiger partial charge is 0.486 e. The van der Waals surface area contributed by atoms with Gasteiger partial charge in [0, 0.05) is 29.9 Å². The standard InChI is InChI=1S/C23H29Cl2NO3/c1-11-5-6-16-21(2,3)19(27)15(25)9-23(16)22(11,4)8-12-7-14(24)17-13(18(12)29-23)10-26-20(17)28/h7,11,15-16,19,27H,5-6,8-10H2,1-4H3,(H,26,28)/t11-,15?,16-,19?,22+,23-/m0/s1. The third kappa shape index (κ3) is 2.34. The zero-order chi connectivity index (χ0) is 20.9. The molecule has 4 nitrogen and oxygen atoms in total. The maximum atomic E-state index is 12.3. The second-order valence-corrected chi connectivity index (χ2v) is 11.5. The first-order chi connectivity index (χ1) is 13.5. The molecule has 2 fully saturated rings. The molecule has 158 valence electrons. The van der Waals surface area contributed by atoms with Crippen molar-refractivity contribution in [3.8, 4) is 5.75 Å². The van der Waals surface area contributed by atoms with Crippen LogP contribution >= 0.6 is 23.2 Å². The summed E-state index contributed by atoms with van der Waals surface area (Å²) < 4.78 is 7.05. The van der Waals surface area contributed by atoms with Crippen LogP contribution in [0.5, 0.6) is 5.75 Å². The van der Waals surface area contributed by atoms with Gasteiger partial charge in [0.05, 0.1) is 22.1 Å². The van der Waals surface area contributed by atoms with E-state index < -0.39 is 11.7 Å². The number of hydrogen-bond acceptors (Lipinski definition) is 3. The maximum Gasteiger partial charge on any atom is 0.253 e. The molecule has 2 N–H and O–H groups in total. The average Bonchev–Trinajstić information content (AvgIpc) is 3.03. The van der Waals surface area contributed by atoms with Crippen LogP contribution in [0.1, 0.15) is 68.4 Å². The van der Waals surface area contributed by atoms with Gasteiger partial charge in [-0.25, -0.2) is 0 Å². The van der Waals surface area contributed by atoms with Gasteiger partial charge in [0.15, 0.2) is 0 Å². The maximum absolute atomic E-state index is 12.3. The molecule has 6 atom stereocenters. The van der Waals surface area contributed by atoms with Crippen LogP contribution in [0.3, 0.4) is 0 Å². The zero-order valence-corrected chi connectivity index (χ0v) is 19.0. The predicted molar refractivity (Wildman–Crippen MR) is 114 cm³/mol. The second-order valence-electron chi connectivity index (χ2n) is 10.5. The Bertz CT molecular complexity index is 916. The van der Waals surface area contributed by atoms with Gasteiger partial charge < -0.3 is 15.2 Å². The lowest BCUT2D eigenvalue weighted by Crippen LogP contribution is -2.72. The molecule has 29 heavy (non-hydrogen) atoms. The van der Waals surface area contributed by atoms with Crippen LogP contribution in [0.4, 0.5) is 0 Å². The Hall–Kier alpha value is -0.970. The summed E-state index contributed by atoms with van der Waals surface area (Å²) in [5.41, 5.74) is 1.55.